The van der Waals surface area contributed by atoms with E-state index in [1.807, 2.05) is 0 Å². The van der Waals surface area contributed by atoms with Gasteiger partial charge in [-0.05, 0) is 16.7 Å². The molecule has 0 unspecified atom stereocenters. The van der Waals surface area contributed by atoms with Gasteiger partial charge < -0.3 is 20.8 Å². The smallest absolute Gasteiger partial charge is 0.354 e. The van der Waals surface area contributed by atoms with Gasteiger partial charge in [-0.25, -0.2) is 19.9 Å². The molecular formula is C8H6N8O2S. The van der Waals surface area contributed by atoms with Crippen LogP contribution in [0, 0.1) is 10.1 Å². The minimum atomic E-state index is -0.552. The molecule has 10 nitrogen and oxygen atoms in total. The molecule has 0 radical (unpaired) electrons. The molecule has 3 rings (SSSR count). The molecule has 19 heavy (non-hydrogen) atoms. The van der Waals surface area contributed by atoms with Crippen molar-refractivity contribution in [1.82, 2.24) is 29.9 Å². The molecule has 3 aromatic rings. The third-order valence-corrected chi connectivity index (χ3v) is 3.21. The lowest BCUT2D eigenvalue weighted by molar-refractivity contribution is -0.392. The maximum atomic E-state index is 10.8. The third kappa shape index (κ3) is 1.95. The number of aromatic nitrogens is 6. The van der Waals surface area contributed by atoms with E-state index < -0.39 is 4.92 Å². The van der Waals surface area contributed by atoms with Crippen molar-refractivity contribution in [2.75, 3.05) is 5.73 Å². The van der Waals surface area contributed by atoms with E-state index in [4.69, 9.17) is 5.73 Å². The number of nitrogens with one attached hydrogen (secondary N) is 2. The van der Waals surface area contributed by atoms with Gasteiger partial charge in [0.15, 0.2) is 17.0 Å². The first kappa shape index (κ1) is 11.4. The predicted molar refractivity (Wildman–Crippen MR) is 65.5 cm³/mol. The Morgan fingerprint density at radius 2 is 2.00 bits per heavy atom. The molecule has 0 fully saturated rings. The van der Waals surface area contributed by atoms with Crippen LogP contribution in [-0.4, -0.2) is 34.8 Å². The van der Waals surface area contributed by atoms with E-state index in [1.54, 1.807) is 0 Å². The molecule has 0 aromatic carbocycles. The average molecular weight is 278 g/mol. The van der Waals surface area contributed by atoms with Gasteiger partial charge in [-0.2, -0.15) is 4.98 Å². The second-order valence-electron chi connectivity index (χ2n) is 3.40. The highest BCUT2D eigenvalue weighted by atomic mass is 32.2. The molecule has 3 heterocycles. The molecule has 0 aliphatic rings. The molecule has 3 aromatic heterocycles. The number of rotatable bonds is 3. The fourth-order valence-electron chi connectivity index (χ4n) is 1.47. The maximum Gasteiger partial charge on any atom is 0.354 e. The molecule has 0 atom stereocenters. The Kier molecular flexibility index (Phi) is 2.52. The van der Waals surface area contributed by atoms with Gasteiger partial charge in [-0.15, -0.1) is 0 Å². The Hall–Kier alpha value is -2.69. The molecule has 4 N–H and O–H groups in total. The minimum Gasteiger partial charge on any atom is -0.368 e. The van der Waals surface area contributed by atoms with Crippen LogP contribution in [0.2, 0.25) is 0 Å². The van der Waals surface area contributed by atoms with Crippen LogP contribution >= 0.6 is 11.8 Å². The molecule has 0 aliphatic carbocycles. The Labute approximate surface area is 109 Å². The van der Waals surface area contributed by atoms with E-state index in [0.717, 1.165) is 11.8 Å². The molecular weight excluding hydrogens is 272 g/mol. The zero-order chi connectivity index (χ0) is 13.4. The van der Waals surface area contributed by atoms with Crippen molar-refractivity contribution in [2.24, 2.45) is 0 Å². The predicted octanol–water partition coefficient (Wildman–Crippen LogP) is 0.718. The number of fused-ring (bicyclic) bond motifs is 1. The number of nitro groups is 1. The molecule has 0 spiro atoms. The minimum absolute atomic E-state index is 0.0419. The molecule has 0 saturated carbocycles. The van der Waals surface area contributed by atoms with Crippen LogP contribution in [0.15, 0.2) is 22.7 Å². The van der Waals surface area contributed by atoms with E-state index in [1.165, 1.54) is 12.7 Å². The number of hydrogen-bond donors (Lipinski definition) is 3. The molecule has 0 aliphatic heterocycles. The van der Waals surface area contributed by atoms with Crippen molar-refractivity contribution in [3.63, 3.8) is 0 Å². The standard InChI is InChI=1S/C8H6N8O2S/c9-8-14-4-3(10-1-11-4)6(15-8)19-7-5(16(17)18)12-2-13-7/h1-2H,(H,12,13)(H3,9,10,11,14,15). The Balaban J connectivity index is 2.08. The Morgan fingerprint density at radius 1 is 1.21 bits per heavy atom. The third-order valence-electron chi connectivity index (χ3n) is 2.23. The van der Waals surface area contributed by atoms with Crippen LogP contribution in [0.4, 0.5) is 11.8 Å². The van der Waals surface area contributed by atoms with Gasteiger partial charge in [0.1, 0.15) is 10.5 Å². The summed E-state index contributed by atoms with van der Waals surface area (Å²) in [6, 6.07) is 0. The SMILES string of the molecule is Nc1nc(Sc2nc[nH]c2[N+](=O)[O-])c2[nH]cnc2n1. The van der Waals surface area contributed by atoms with Crippen LogP contribution in [0.25, 0.3) is 11.2 Å². The van der Waals surface area contributed by atoms with Gasteiger partial charge in [0.05, 0.1) is 6.33 Å². The number of imidazole rings is 2. The van der Waals surface area contributed by atoms with Gasteiger partial charge in [-0.1, -0.05) is 0 Å². The molecule has 0 saturated heterocycles. The number of anilines is 1. The number of H-pyrrole nitrogens is 2. The highest BCUT2D eigenvalue weighted by molar-refractivity contribution is 7.99. The van der Waals surface area contributed by atoms with Crippen LogP contribution in [0.5, 0.6) is 0 Å². The lowest BCUT2D eigenvalue weighted by Crippen LogP contribution is -1.97. The quantitative estimate of drug-likeness (QED) is 0.360. The van der Waals surface area contributed by atoms with Crippen molar-refractivity contribution < 1.29 is 4.92 Å². The second-order valence-corrected chi connectivity index (χ2v) is 4.38. The maximum absolute atomic E-state index is 10.8. The summed E-state index contributed by atoms with van der Waals surface area (Å²) in [5, 5.41) is 11.4. The summed E-state index contributed by atoms with van der Waals surface area (Å²) in [5.41, 5.74) is 6.51. The highest BCUT2D eigenvalue weighted by Crippen LogP contribution is 2.33. The van der Waals surface area contributed by atoms with Gasteiger partial charge in [0.2, 0.25) is 5.95 Å². The first-order chi connectivity index (χ1) is 9.15. The van der Waals surface area contributed by atoms with E-state index in [2.05, 4.69) is 29.9 Å². The van der Waals surface area contributed by atoms with E-state index in [9.17, 15) is 10.1 Å². The zero-order valence-electron chi connectivity index (χ0n) is 9.19. The van der Waals surface area contributed by atoms with Gasteiger partial charge in [-0.3, -0.25) is 0 Å². The second kappa shape index (κ2) is 4.20. The van der Waals surface area contributed by atoms with Crippen molar-refractivity contribution >= 4 is 34.7 Å². The van der Waals surface area contributed by atoms with Gasteiger partial charge in [0, 0.05) is 0 Å². The van der Waals surface area contributed by atoms with Crippen molar-refractivity contribution in [3.8, 4) is 0 Å². The Bertz CT molecular complexity index is 765. The monoisotopic (exact) mass is 278 g/mol. The van der Waals surface area contributed by atoms with Crippen LogP contribution in [0.1, 0.15) is 0 Å². The summed E-state index contributed by atoms with van der Waals surface area (Å²) < 4.78 is 0. The molecule has 11 heteroatoms. The summed E-state index contributed by atoms with van der Waals surface area (Å²) in [5.74, 6) is -0.157. The van der Waals surface area contributed by atoms with Crippen LogP contribution < -0.4 is 5.73 Å². The summed E-state index contributed by atoms with van der Waals surface area (Å²) >= 11 is 1.01. The number of nitrogens with zero attached hydrogens (tertiary/aromatic N) is 5. The Morgan fingerprint density at radius 3 is 2.79 bits per heavy atom. The average Bonchev–Trinajstić information content (AvgIpc) is 2.96. The molecule has 0 amide bonds. The molecule has 96 valence electrons. The summed E-state index contributed by atoms with van der Waals surface area (Å²) in [6.07, 6.45) is 2.69. The van der Waals surface area contributed by atoms with Gasteiger partial charge >= 0.3 is 5.82 Å². The van der Waals surface area contributed by atoms with Crippen molar-refractivity contribution in [3.05, 3.63) is 22.8 Å². The number of nitrogen functional groups attached to an aromatic ring is 1. The summed E-state index contributed by atoms with van der Waals surface area (Å²) in [7, 11) is 0. The van der Waals surface area contributed by atoms with Gasteiger partial charge in [0.25, 0.3) is 0 Å². The van der Waals surface area contributed by atoms with E-state index in [0.29, 0.717) is 16.2 Å². The fourth-order valence-corrected chi connectivity index (χ4v) is 2.38. The normalized spacial score (nSPS) is 10.9. The first-order valence-corrected chi connectivity index (χ1v) is 5.79. The van der Waals surface area contributed by atoms with E-state index in [-0.39, 0.29) is 16.8 Å². The summed E-state index contributed by atoms with van der Waals surface area (Å²) in [4.78, 5) is 31.4. The molecule has 0 bridgehead atoms. The number of hydrogen-bond acceptors (Lipinski definition) is 8. The van der Waals surface area contributed by atoms with Crippen LogP contribution in [0.3, 0.4) is 0 Å². The number of aromatic amines is 2. The lowest BCUT2D eigenvalue weighted by atomic mass is 10.5. The summed E-state index contributed by atoms with van der Waals surface area (Å²) in [6.45, 7) is 0. The highest BCUT2D eigenvalue weighted by Gasteiger charge is 2.19. The number of nitrogens with two attached hydrogens (primary N) is 1. The van der Waals surface area contributed by atoms with Crippen molar-refractivity contribution in [1.29, 1.82) is 0 Å². The van der Waals surface area contributed by atoms with Crippen LogP contribution in [-0.2, 0) is 0 Å². The lowest BCUT2D eigenvalue weighted by Gasteiger charge is -2.00. The first-order valence-electron chi connectivity index (χ1n) is 4.97. The topological polar surface area (TPSA) is 152 Å². The van der Waals surface area contributed by atoms with E-state index >= 15 is 0 Å². The fraction of sp³-hybridized carbons (Fsp3) is 0. The zero-order valence-corrected chi connectivity index (χ0v) is 10.0. The van der Waals surface area contributed by atoms with Crippen molar-refractivity contribution in [2.45, 2.75) is 10.1 Å². The largest absolute Gasteiger partial charge is 0.368 e.